The molecule has 1 aliphatic rings. The van der Waals surface area contributed by atoms with Crippen molar-refractivity contribution in [3.05, 3.63) is 53.1 Å². The maximum Gasteiger partial charge on any atom is 0.251 e. The van der Waals surface area contributed by atoms with E-state index >= 15 is 0 Å². The van der Waals surface area contributed by atoms with Crippen LogP contribution >= 0.6 is 11.8 Å². The third-order valence-electron chi connectivity index (χ3n) is 4.29. The summed E-state index contributed by atoms with van der Waals surface area (Å²) in [4.78, 5) is 25.2. The van der Waals surface area contributed by atoms with Crippen LogP contribution in [0.25, 0.3) is 0 Å². The first-order valence-electron chi connectivity index (χ1n) is 8.51. The lowest BCUT2D eigenvalue weighted by Gasteiger charge is -2.21. The van der Waals surface area contributed by atoms with Gasteiger partial charge in [0.25, 0.3) is 5.91 Å². The van der Waals surface area contributed by atoms with E-state index < -0.39 is 0 Å². The van der Waals surface area contributed by atoms with Crippen molar-refractivity contribution in [2.75, 3.05) is 19.0 Å². The SMILES string of the molecule is COc1ccc(C)cc1CCNC(=O)c1ccc2c(c1)NC(=O)[C@@H](C)S2. The van der Waals surface area contributed by atoms with Gasteiger partial charge in [0.05, 0.1) is 18.0 Å². The van der Waals surface area contributed by atoms with Crippen LogP contribution < -0.4 is 15.4 Å². The molecule has 0 saturated carbocycles. The fourth-order valence-corrected chi connectivity index (χ4v) is 3.80. The second-order valence-electron chi connectivity index (χ2n) is 6.28. The number of thioether (sulfide) groups is 1. The molecule has 6 heteroatoms. The number of methoxy groups -OCH3 is 1. The summed E-state index contributed by atoms with van der Waals surface area (Å²) in [7, 11) is 1.65. The smallest absolute Gasteiger partial charge is 0.251 e. The molecule has 5 nitrogen and oxygen atoms in total. The van der Waals surface area contributed by atoms with Crippen LogP contribution in [0.2, 0.25) is 0 Å². The molecule has 2 N–H and O–H groups in total. The van der Waals surface area contributed by atoms with E-state index in [2.05, 4.69) is 16.7 Å². The first kappa shape index (κ1) is 18.3. The highest BCUT2D eigenvalue weighted by Gasteiger charge is 2.23. The van der Waals surface area contributed by atoms with E-state index in [-0.39, 0.29) is 17.1 Å². The number of amides is 2. The van der Waals surface area contributed by atoms with Crippen molar-refractivity contribution < 1.29 is 14.3 Å². The summed E-state index contributed by atoms with van der Waals surface area (Å²) in [5.41, 5.74) is 3.46. The molecule has 136 valence electrons. The Labute approximate surface area is 157 Å². The summed E-state index contributed by atoms with van der Waals surface area (Å²) >= 11 is 1.50. The van der Waals surface area contributed by atoms with Gasteiger partial charge in [-0.1, -0.05) is 17.7 Å². The van der Waals surface area contributed by atoms with Gasteiger partial charge in [0.1, 0.15) is 5.75 Å². The normalized spacial score (nSPS) is 15.8. The molecule has 2 aromatic carbocycles. The number of benzene rings is 2. The zero-order valence-corrected chi connectivity index (χ0v) is 15.9. The quantitative estimate of drug-likeness (QED) is 0.846. The first-order valence-corrected chi connectivity index (χ1v) is 9.39. The maximum absolute atomic E-state index is 12.4. The lowest BCUT2D eigenvalue weighted by atomic mass is 10.1. The van der Waals surface area contributed by atoms with Crippen LogP contribution in [0, 0.1) is 6.92 Å². The summed E-state index contributed by atoms with van der Waals surface area (Å²) < 4.78 is 5.37. The number of anilines is 1. The Morgan fingerprint density at radius 1 is 1.27 bits per heavy atom. The van der Waals surface area contributed by atoms with Crippen LogP contribution in [0.1, 0.15) is 28.4 Å². The van der Waals surface area contributed by atoms with Gasteiger partial charge in [0.2, 0.25) is 5.91 Å². The molecule has 0 saturated heterocycles. The molecule has 0 aromatic heterocycles. The van der Waals surface area contributed by atoms with Crippen molar-refractivity contribution in [3.63, 3.8) is 0 Å². The van der Waals surface area contributed by atoms with Crippen LogP contribution in [-0.4, -0.2) is 30.7 Å². The lowest BCUT2D eigenvalue weighted by molar-refractivity contribution is -0.115. The molecule has 1 atom stereocenters. The molecule has 0 fully saturated rings. The van der Waals surface area contributed by atoms with Gasteiger partial charge >= 0.3 is 0 Å². The summed E-state index contributed by atoms with van der Waals surface area (Å²) in [6.45, 7) is 4.40. The van der Waals surface area contributed by atoms with Gasteiger partial charge in [0.15, 0.2) is 0 Å². The zero-order valence-electron chi connectivity index (χ0n) is 15.1. The van der Waals surface area contributed by atoms with E-state index in [1.807, 2.05) is 32.0 Å². The van der Waals surface area contributed by atoms with E-state index in [0.29, 0.717) is 24.2 Å². The van der Waals surface area contributed by atoms with E-state index in [4.69, 9.17) is 4.74 Å². The topological polar surface area (TPSA) is 67.4 Å². The van der Waals surface area contributed by atoms with Gasteiger partial charge < -0.3 is 15.4 Å². The number of carbonyl (C=O) groups excluding carboxylic acids is 2. The predicted molar refractivity (Wildman–Crippen MR) is 104 cm³/mol. The number of ether oxygens (including phenoxy) is 1. The number of nitrogens with one attached hydrogen (secondary N) is 2. The summed E-state index contributed by atoms with van der Waals surface area (Å²) in [6.07, 6.45) is 0.686. The van der Waals surface area contributed by atoms with Crippen molar-refractivity contribution in [2.24, 2.45) is 0 Å². The number of rotatable bonds is 5. The summed E-state index contributed by atoms with van der Waals surface area (Å²) in [5.74, 6) is 0.636. The molecule has 2 aromatic rings. The number of fused-ring (bicyclic) bond motifs is 1. The van der Waals surface area contributed by atoms with Gasteiger partial charge in [0, 0.05) is 17.0 Å². The number of hydrogen-bond acceptors (Lipinski definition) is 4. The molecule has 1 aliphatic heterocycles. The van der Waals surface area contributed by atoms with E-state index in [1.165, 1.54) is 11.8 Å². The molecular formula is C20H22N2O3S. The van der Waals surface area contributed by atoms with Crippen molar-refractivity contribution in [2.45, 2.75) is 30.4 Å². The molecule has 0 spiro atoms. The van der Waals surface area contributed by atoms with Crippen molar-refractivity contribution in [1.82, 2.24) is 5.32 Å². The summed E-state index contributed by atoms with van der Waals surface area (Å²) in [5, 5.41) is 5.66. The zero-order chi connectivity index (χ0) is 18.7. The van der Waals surface area contributed by atoms with Gasteiger partial charge in [-0.15, -0.1) is 11.8 Å². The van der Waals surface area contributed by atoms with E-state index in [0.717, 1.165) is 21.8 Å². The highest BCUT2D eigenvalue weighted by Crippen LogP contribution is 2.35. The highest BCUT2D eigenvalue weighted by atomic mass is 32.2. The van der Waals surface area contributed by atoms with Crippen LogP contribution in [-0.2, 0) is 11.2 Å². The van der Waals surface area contributed by atoms with Crippen molar-refractivity contribution >= 4 is 29.3 Å². The molecule has 26 heavy (non-hydrogen) atoms. The van der Waals surface area contributed by atoms with Gasteiger partial charge in [-0.25, -0.2) is 0 Å². The van der Waals surface area contributed by atoms with Gasteiger partial charge in [-0.05, 0) is 50.1 Å². The van der Waals surface area contributed by atoms with E-state index in [1.54, 1.807) is 19.2 Å². The minimum Gasteiger partial charge on any atom is -0.496 e. The molecule has 0 aliphatic carbocycles. The largest absolute Gasteiger partial charge is 0.496 e. The average Bonchev–Trinajstić information content (AvgIpc) is 2.62. The number of carbonyl (C=O) groups is 2. The fraction of sp³-hybridized carbons (Fsp3) is 0.300. The van der Waals surface area contributed by atoms with Crippen LogP contribution in [0.4, 0.5) is 5.69 Å². The van der Waals surface area contributed by atoms with Gasteiger partial charge in [-0.2, -0.15) is 0 Å². The minimum atomic E-state index is -0.155. The standard InChI is InChI=1S/C20H22N2O3S/c1-12-4-6-17(25-3)14(10-12)8-9-21-20(24)15-5-7-18-16(11-15)22-19(23)13(2)26-18/h4-7,10-11,13H,8-9H2,1-3H3,(H,21,24)(H,22,23)/t13-/m1/s1. The number of hydrogen-bond donors (Lipinski definition) is 2. The Bertz CT molecular complexity index is 851. The molecule has 3 rings (SSSR count). The predicted octanol–water partition coefficient (Wildman–Crippen LogP) is 3.41. The van der Waals surface area contributed by atoms with E-state index in [9.17, 15) is 9.59 Å². The monoisotopic (exact) mass is 370 g/mol. The third kappa shape index (κ3) is 4.02. The number of aryl methyl sites for hydroxylation is 1. The van der Waals surface area contributed by atoms with Crippen molar-refractivity contribution in [3.8, 4) is 5.75 Å². The lowest BCUT2D eigenvalue weighted by Crippen LogP contribution is -2.28. The maximum atomic E-state index is 12.4. The Morgan fingerprint density at radius 2 is 2.08 bits per heavy atom. The van der Waals surface area contributed by atoms with Gasteiger partial charge in [-0.3, -0.25) is 9.59 Å². The average molecular weight is 370 g/mol. The Balaban J connectivity index is 1.63. The third-order valence-corrected chi connectivity index (χ3v) is 5.47. The van der Waals surface area contributed by atoms with Crippen molar-refractivity contribution in [1.29, 1.82) is 0 Å². The Hall–Kier alpha value is -2.47. The minimum absolute atomic E-state index is 0.0356. The second-order valence-corrected chi connectivity index (χ2v) is 7.66. The molecular weight excluding hydrogens is 348 g/mol. The molecule has 2 amide bonds. The molecule has 0 unspecified atom stereocenters. The molecule has 1 heterocycles. The molecule has 0 bridgehead atoms. The van der Waals surface area contributed by atoms with Crippen LogP contribution in [0.3, 0.4) is 0 Å². The highest BCUT2D eigenvalue weighted by molar-refractivity contribution is 8.00. The first-order chi connectivity index (χ1) is 12.5. The summed E-state index contributed by atoms with van der Waals surface area (Å²) in [6, 6.07) is 11.4. The Morgan fingerprint density at radius 3 is 2.85 bits per heavy atom. The Kier molecular flexibility index (Phi) is 5.52. The van der Waals surface area contributed by atoms with Crippen LogP contribution in [0.5, 0.6) is 5.75 Å². The fourth-order valence-electron chi connectivity index (χ4n) is 2.87. The molecule has 0 radical (unpaired) electrons. The van der Waals surface area contributed by atoms with Crippen LogP contribution in [0.15, 0.2) is 41.3 Å². The second kappa shape index (κ2) is 7.83.